The standard InChI is InChI=1S/C16H23NO2/c1-16(2)10-3-4-14(16)15(19)17-11-9-12-5-7-13(18)8-6-12/h5-8,14,18H,3-4,9-11H2,1-2H3,(H,17,19). The molecule has 1 aliphatic rings. The SMILES string of the molecule is CC1(C)CCCC1C(=O)NCCc1ccc(O)cc1. The lowest BCUT2D eigenvalue weighted by Gasteiger charge is -2.25. The molecule has 1 aromatic rings. The van der Waals surface area contributed by atoms with Crippen LogP contribution >= 0.6 is 0 Å². The van der Waals surface area contributed by atoms with E-state index in [0.717, 1.165) is 31.2 Å². The number of carbonyl (C=O) groups excluding carboxylic acids is 1. The number of benzene rings is 1. The molecule has 1 fully saturated rings. The molecule has 2 rings (SSSR count). The van der Waals surface area contributed by atoms with Crippen LogP contribution in [0.1, 0.15) is 38.7 Å². The maximum absolute atomic E-state index is 12.2. The Morgan fingerprint density at radius 2 is 2.05 bits per heavy atom. The van der Waals surface area contributed by atoms with Crippen LogP contribution in [0.2, 0.25) is 0 Å². The number of aromatic hydroxyl groups is 1. The van der Waals surface area contributed by atoms with Gasteiger partial charge in [-0.05, 0) is 42.4 Å². The molecule has 0 bridgehead atoms. The van der Waals surface area contributed by atoms with Crippen LogP contribution in [-0.4, -0.2) is 17.6 Å². The Labute approximate surface area is 115 Å². The molecule has 1 amide bonds. The number of phenols is 1. The molecular weight excluding hydrogens is 238 g/mol. The van der Waals surface area contributed by atoms with E-state index in [-0.39, 0.29) is 23.0 Å². The fourth-order valence-electron chi connectivity index (χ4n) is 2.93. The van der Waals surface area contributed by atoms with Gasteiger partial charge in [0.05, 0.1) is 0 Å². The highest BCUT2D eigenvalue weighted by Crippen LogP contribution is 2.42. The number of carbonyl (C=O) groups is 1. The summed E-state index contributed by atoms with van der Waals surface area (Å²) in [6, 6.07) is 7.14. The van der Waals surface area contributed by atoms with Crippen LogP contribution in [0.3, 0.4) is 0 Å². The molecule has 19 heavy (non-hydrogen) atoms. The van der Waals surface area contributed by atoms with Gasteiger partial charge in [-0.3, -0.25) is 4.79 Å². The molecule has 1 aliphatic carbocycles. The second-order valence-electron chi connectivity index (χ2n) is 6.14. The summed E-state index contributed by atoms with van der Waals surface area (Å²) in [4.78, 5) is 12.2. The minimum absolute atomic E-state index is 0.141. The molecule has 1 saturated carbocycles. The Bertz CT molecular complexity index is 437. The van der Waals surface area contributed by atoms with E-state index >= 15 is 0 Å². The number of rotatable bonds is 4. The van der Waals surface area contributed by atoms with E-state index in [2.05, 4.69) is 19.2 Å². The summed E-state index contributed by atoms with van der Waals surface area (Å²) in [5.74, 6) is 0.633. The normalized spacial score (nSPS) is 21.3. The summed E-state index contributed by atoms with van der Waals surface area (Å²) in [6.07, 6.45) is 4.11. The van der Waals surface area contributed by atoms with Crippen molar-refractivity contribution in [3.8, 4) is 5.75 Å². The van der Waals surface area contributed by atoms with Gasteiger partial charge in [-0.2, -0.15) is 0 Å². The summed E-state index contributed by atoms with van der Waals surface area (Å²) in [5, 5.41) is 12.2. The Morgan fingerprint density at radius 3 is 2.63 bits per heavy atom. The summed E-state index contributed by atoms with van der Waals surface area (Å²) < 4.78 is 0. The zero-order valence-corrected chi connectivity index (χ0v) is 11.8. The highest BCUT2D eigenvalue weighted by atomic mass is 16.3. The zero-order valence-electron chi connectivity index (χ0n) is 11.8. The monoisotopic (exact) mass is 261 g/mol. The van der Waals surface area contributed by atoms with Crippen molar-refractivity contribution < 1.29 is 9.90 Å². The molecule has 0 heterocycles. The van der Waals surface area contributed by atoms with Crippen LogP contribution in [0.25, 0.3) is 0 Å². The van der Waals surface area contributed by atoms with Crippen molar-refractivity contribution in [3.63, 3.8) is 0 Å². The molecule has 0 aromatic heterocycles. The lowest BCUT2D eigenvalue weighted by atomic mass is 9.81. The lowest BCUT2D eigenvalue weighted by molar-refractivity contribution is -0.127. The Hall–Kier alpha value is -1.51. The predicted octanol–water partition coefficient (Wildman–Crippen LogP) is 2.88. The number of phenolic OH excluding ortho intramolecular Hbond substituents is 1. The van der Waals surface area contributed by atoms with E-state index in [4.69, 9.17) is 0 Å². The second kappa shape index (κ2) is 5.64. The van der Waals surface area contributed by atoms with Gasteiger partial charge in [-0.25, -0.2) is 0 Å². The van der Waals surface area contributed by atoms with Gasteiger partial charge in [0, 0.05) is 12.5 Å². The highest BCUT2D eigenvalue weighted by Gasteiger charge is 2.38. The van der Waals surface area contributed by atoms with Crippen molar-refractivity contribution in [3.05, 3.63) is 29.8 Å². The van der Waals surface area contributed by atoms with E-state index in [0.29, 0.717) is 6.54 Å². The second-order valence-corrected chi connectivity index (χ2v) is 6.14. The minimum atomic E-state index is 0.141. The van der Waals surface area contributed by atoms with Crippen molar-refractivity contribution in [2.45, 2.75) is 39.5 Å². The first-order valence-corrected chi connectivity index (χ1v) is 7.05. The molecule has 3 heteroatoms. The van der Waals surface area contributed by atoms with Gasteiger partial charge in [0.25, 0.3) is 0 Å². The van der Waals surface area contributed by atoms with Crippen molar-refractivity contribution in [1.29, 1.82) is 0 Å². The fraction of sp³-hybridized carbons (Fsp3) is 0.562. The molecule has 104 valence electrons. The van der Waals surface area contributed by atoms with Gasteiger partial charge in [0.2, 0.25) is 5.91 Å². The van der Waals surface area contributed by atoms with Crippen molar-refractivity contribution >= 4 is 5.91 Å². The number of hydrogen-bond donors (Lipinski definition) is 2. The summed E-state index contributed by atoms with van der Waals surface area (Å²) in [6.45, 7) is 5.03. The van der Waals surface area contributed by atoms with Crippen LogP contribution < -0.4 is 5.32 Å². The third-order valence-electron chi connectivity index (χ3n) is 4.22. The van der Waals surface area contributed by atoms with Crippen molar-refractivity contribution in [2.75, 3.05) is 6.54 Å². The quantitative estimate of drug-likeness (QED) is 0.875. The fourth-order valence-corrected chi connectivity index (χ4v) is 2.93. The highest BCUT2D eigenvalue weighted by molar-refractivity contribution is 5.79. The molecule has 1 atom stereocenters. The molecule has 0 saturated heterocycles. The third-order valence-corrected chi connectivity index (χ3v) is 4.22. The van der Waals surface area contributed by atoms with Crippen LogP contribution in [0.5, 0.6) is 5.75 Å². The molecule has 3 nitrogen and oxygen atoms in total. The number of hydrogen-bond acceptors (Lipinski definition) is 2. The Kier molecular flexibility index (Phi) is 4.13. The van der Waals surface area contributed by atoms with Gasteiger partial charge in [-0.15, -0.1) is 0 Å². The Morgan fingerprint density at radius 1 is 1.37 bits per heavy atom. The summed E-state index contributed by atoms with van der Waals surface area (Å²) in [7, 11) is 0. The smallest absolute Gasteiger partial charge is 0.223 e. The summed E-state index contributed by atoms with van der Waals surface area (Å²) >= 11 is 0. The number of nitrogens with one attached hydrogen (secondary N) is 1. The molecule has 0 aliphatic heterocycles. The number of amides is 1. The van der Waals surface area contributed by atoms with E-state index in [1.807, 2.05) is 12.1 Å². The largest absolute Gasteiger partial charge is 0.508 e. The zero-order chi connectivity index (χ0) is 13.9. The molecule has 1 unspecified atom stereocenters. The maximum atomic E-state index is 12.2. The average molecular weight is 261 g/mol. The predicted molar refractivity (Wildman–Crippen MR) is 75.9 cm³/mol. The summed E-state index contributed by atoms with van der Waals surface area (Å²) in [5.41, 5.74) is 1.27. The minimum Gasteiger partial charge on any atom is -0.508 e. The molecular formula is C16H23NO2. The first kappa shape index (κ1) is 13.9. The van der Waals surface area contributed by atoms with Gasteiger partial charge in [0.15, 0.2) is 0 Å². The maximum Gasteiger partial charge on any atom is 0.223 e. The lowest BCUT2D eigenvalue weighted by Crippen LogP contribution is -2.37. The van der Waals surface area contributed by atoms with Gasteiger partial charge in [-0.1, -0.05) is 32.4 Å². The first-order valence-electron chi connectivity index (χ1n) is 7.05. The van der Waals surface area contributed by atoms with Gasteiger partial charge >= 0.3 is 0 Å². The van der Waals surface area contributed by atoms with Gasteiger partial charge < -0.3 is 10.4 Å². The van der Waals surface area contributed by atoms with Crippen molar-refractivity contribution in [1.82, 2.24) is 5.32 Å². The molecule has 2 N–H and O–H groups in total. The van der Waals surface area contributed by atoms with Gasteiger partial charge in [0.1, 0.15) is 5.75 Å². The Balaban J connectivity index is 1.79. The topological polar surface area (TPSA) is 49.3 Å². The van der Waals surface area contributed by atoms with Crippen LogP contribution in [-0.2, 0) is 11.2 Å². The average Bonchev–Trinajstić information content (AvgIpc) is 2.71. The van der Waals surface area contributed by atoms with Crippen molar-refractivity contribution in [2.24, 2.45) is 11.3 Å². The van der Waals surface area contributed by atoms with E-state index in [1.165, 1.54) is 0 Å². The molecule has 0 radical (unpaired) electrons. The van der Waals surface area contributed by atoms with E-state index in [9.17, 15) is 9.90 Å². The van der Waals surface area contributed by atoms with Crippen LogP contribution in [0, 0.1) is 11.3 Å². The first-order chi connectivity index (χ1) is 8.99. The molecule has 0 spiro atoms. The molecule has 1 aromatic carbocycles. The third kappa shape index (κ3) is 3.49. The van der Waals surface area contributed by atoms with E-state index < -0.39 is 0 Å². The van der Waals surface area contributed by atoms with Crippen LogP contribution in [0.15, 0.2) is 24.3 Å². The van der Waals surface area contributed by atoms with E-state index in [1.54, 1.807) is 12.1 Å². The van der Waals surface area contributed by atoms with Crippen LogP contribution in [0.4, 0.5) is 0 Å².